The van der Waals surface area contributed by atoms with Gasteiger partial charge in [0.2, 0.25) is 11.8 Å². The molecule has 0 aliphatic rings. The number of pyridine rings is 1. The molecule has 1 aromatic heterocycles. The number of nitrogens with two attached hydrogens (primary N) is 3. The summed E-state index contributed by atoms with van der Waals surface area (Å²) in [5, 5.41) is 0. The van der Waals surface area contributed by atoms with Crippen molar-refractivity contribution in [2.75, 3.05) is 7.11 Å². The summed E-state index contributed by atoms with van der Waals surface area (Å²) in [4.78, 5) is 11.6. The van der Waals surface area contributed by atoms with Gasteiger partial charge in [-0.25, -0.2) is 9.98 Å². The van der Waals surface area contributed by atoms with E-state index in [9.17, 15) is 0 Å². The Labute approximate surface area is 93.0 Å². The number of ether oxygens (including phenoxy) is 1. The molecule has 16 heavy (non-hydrogen) atoms. The van der Waals surface area contributed by atoms with E-state index in [2.05, 4.69) is 15.0 Å². The van der Waals surface area contributed by atoms with Crippen LogP contribution in [0.1, 0.15) is 5.56 Å². The third-order valence-electron chi connectivity index (χ3n) is 1.70. The Hall–Kier alpha value is -2.31. The third kappa shape index (κ3) is 3.45. The minimum Gasteiger partial charge on any atom is -0.481 e. The molecule has 0 aromatic carbocycles. The monoisotopic (exact) mass is 222 g/mol. The van der Waals surface area contributed by atoms with Crippen molar-refractivity contribution in [3.05, 3.63) is 23.9 Å². The second kappa shape index (κ2) is 5.54. The molecule has 0 spiro atoms. The maximum absolute atomic E-state index is 5.46. The lowest BCUT2D eigenvalue weighted by Gasteiger charge is -2.03. The third-order valence-corrected chi connectivity index (χ3v) is 1.70. The van der Waals surface area contributed by atoms with Crippen molar-refractivity contribution >= 4 is 11.9 Å². The molecule has 7 nitrogen and oxygen atoms in total. The summed E-state index contributed by atoms with van der Waals surface area (Å²) in [6.07, 6.45) is 1.63. The number of hydrogen-bond donors (Lipinski definition) is 3. The summed E-state index contributed by atoms with van der Waals surface area (Å²) < 4.78 is 5.05. The van der Waals surface area contributed by atoms with Crippen LogP contribution < -0.4 is 21.9 Å². The largest absolute Gasteiger partial charge is 0.481 e. The number of methoxy groups -OCH3 is 1. The molecule has 0 unspecified atom stereocenters. The van der Waals surface area contributed by atoms with Crippen LogP contribution in [0.4, 0.5) is 0 Å². The highest BCUT2D eigenvalue weighted by molar-refractivity contribution is 5.92. The molecule has 0 radical (unpaired) electrons. The van der Waals surface area contributed by atoms with Gasteiger partial charge < -0.3 is 21.9 Å². The van der Waals surface area contributed by atoms with Crippen molar-refractivity contribution in [2.24, 2.45) is 27.2 Å². The molecule has 86 valence electrons. The molecule has 0 atom stereocenters. The number of guanidine groups is 2. The van der Waals surface area contributed by atoms with E-state index in [0.29, 0.717) is 12.4 Å². The predicted octanol–water partition coefficient (Wildman–Crippen LogP) is -0.822. The van der Waals surface area contributed by atoms with Gasteiger partial charge in [-0.3, -0.25) is 0 Å². The summed E-state index contributed by atoms with van der Waals surface area (Å²) in [6, 6.07) is 3.61. The topological polar surface area (TPSA) is 125 Å². The van der Waals surface area contributed by atoms with E-state index in [-0.39, 0.29) is 11.9 Å². The van der Waals surface area contributed by atoms with Crippen molar-refractivity contribution in [1.29, 1.82) is 0 Å². The molecule has 0 aliphatic carbocycles. The molecular formula is C9H14N6O. The highest BCUT2D eigenvalue weighted by Gasteiger charge is 2.01. The zero-order valence-corrected chi connectivity index (χ0v) is 8.92. The SMILES string of the molecule is COc1ncccc1CN=C(N)N=C(N)N. The number of aliphatic imine (C=N–C) groups is 2. The molecule has 0 fully saturated rings. The highest BCUT2D eigenvalue weighted by Crippen LogP contribution is 2.14. The molecule has 1 rings (SSSR count). The lowest BCUT2D eigenvalue weighted by Crippen LogP contribution is -2.26. The number of hydrogen-bond acceptors (Lipinski definition) is 3. The second-order valence-electron chi connectivity index (χ2n) is 2.88. The fourth-order valence-corrected chi connectivity index (χ4v) is 1.06. The Balaban J connectivity index is 2.78. The van der Waals surface area contributed by atoms with Crippen molar-refractivity contribution < 1.29 is 4.74 Å². The molecule has 1 aromatic rings. The van der Waals surface area contributed by atoms with Gasteiger partial charge in [0.05, 0.1) is 13.7 Å². The van der Waals surface area contributed by atoms with Crippen LogP contribution in [0, 0.1) is 0 Å². The molecule has 0 saturated heterocycles. The summed E-state index contributed by atoms with van der Waals surface area (Å²) in [7, 11) is 1.54. The van der Waals surface area contributed by atoms with Gasteiger partial charge in [0.25, 0.3) is 0 Å². The Morgan fingerprint density at radius 2 is 2.19 bits per heavy atom. The summed E-state index contributed by atoms with van der Waals surface area (Å²) in [5.41, 5.74) is 16.6. The molecule has 6 N–H and O–H groups in total. The Kier molecular flexibility index (Phi) is 4.07. The summed E-state index contributed by atoms with van der Waals surface area (Å²) in [5.74, 6) is 0.397. The zero-order chi connectivity index (χ0) is 12.0. The van der Waals surface area contributed by atoms with E-state index in [1.807, 2.05) is 6.07 Å². The highest BCUT2D eigenvalue weighted by atomic mass is 16.5. The Morgan fingerprint density at radius 3 is 2.81 bits per heavy atom. The first kappa shape index (κ1) is 11.8. The van der Waals surface area contributed by atoms with Gasteiger partial charge in [-0.2, -0.15) is 4.99 Å². The van der Waals surface area contributed by atoms with Crippen LogP contribution >= 0.6 is 0 Å². The van der Waals surface area contributed by atoms with E-state index in [4.69, 9.17) is 21.9 Å². The van der Waals surface area contributed by atoms with Crippen LogP contribution in [-0.4, -0.2) is 24.0 Å². The zero-order valence-electron chi connectivity index (χ0n) is 8.92. The van der Waals surface area contributed by atoms with E-state index >= 15 is 0 Å². The molecule has 0 saturated carbocycles. The fourth-order valence-electron chi connectivity index (χ4n) is 1.06. The van der Waals surface area contributed by atoms with Crippen molar-refractivity contribution in [3.63, 3.8) is 0 Å². The fraction of sp³-hybridized carbons (Fsp3) is 0.222. The maximum Gasteiger partial charge on any atom is 0.218 e. The van der Waals surface area contributed by atoms with Gasteiger partial charge in [0, 0.05) is 11.8 Å². The van der Waals surface area contributed by atoms with Crippen molar-refractivity contribution in [1.82, 2.24) is 4.98 Å². The van der Waals surface area contributed by atoms with Gasteiger partial charge >= 0.3 is 0 Å². The van der Waals surface area contributed by atoms with Gasteiger partial charge in [0.15, 0.2) is 5.96 Å². The van der Waals surface area contributed by atoms with Crippen molar-refractivity contribution in [2.45, 2.75) is 6.54 Å². The average Bonchev–Trinajstić information content (AvgIpc) is 2.26. The van der Waals surface area contributed by atoms with Gasteiger partial charge in [-0.05, 0) is 6.07 Å². The van der Waals surface area contributed by atoms with Crippen LogP contribution in [0.5, 0.6) is 5.88 Å². The molecular weight excluding hydrogens is 208 g/mol. The van der Waals surface area contributed by atoms with Crippen molar-refractivity contribution in [3.8, 4) is 5.88 Å². The molecule has 0 amide bonds. The number of aromatic nitrogens is 1. The van der Waals surface area contributed by atoms with Crippen LogP contribution in [0.3, 0.4) is 0 Å². The van der Waals surface area contributed by atoms with Gasteiger partial charge in [-0.1, -0.05) is 6.07 Å². The summed E-state index contributed by atoms with van der Waals surface area (Å²) in [6.45, 7) is 0.305. The van der Waals surface area contributed by atoms with Gasteiger partial charge in [-0.15, -0.1) is 0 Å². The summed E-state index contributed by atoms with van der Waals surface area (Å²) >= 11 is 0. The maximum atomic E-state index is 5.46. The number of nitrogens with zero attached hydrogens (tertiary/aromatic N) is 3. The first-order chi connectivity index (χ1) is 7.63. The molecule has 0 aliphatic heterocycles. The molecule has 7 heteroatoms. The van der Waals surface area contributed by atoms with E-state index in [1.54, 1.807) is 12.3 Å². The predicted molar refractivity (Wildman–Crippen MR) is 61.9 cm³/mol. The van der Waals surface area contributed by atoms with Crippen LogP contribution in [-0.2, 0) is 6.54 Å². The van der Waals surface area contributed by atoms with Crippen LogP contribution in [0.2, 0.25) is 0 Å². The Bertz CT molecular complexity index is 410. The Morgan fingerprint density at radius 1 is 1.44 bits per heavy atom. The average molecular weight is 222 g/mol. The minimum absolute atomic E-state index is 0.0194. The standard InChI is InChI=1S/C9H14N6O/c1-16-7-6(3-2-4-13-7)5-14-9(12)15-8(10)11/h2-4H,5H2,1H3,(H6,10,11,12,14,15). The molecule has 1 heterocycles. The molecule has 0 bridgehead atoms. The quantitative estimate of drug-likeness (QED) is 0.455. The lowest BCUT2D eigenvalue weighted by atomic mass is 10.3. The van der Waals surface area contributed by atoms with E-state index in [0.717, 1.165) is 5.56 Å². The van der Waals surface area contributed by atoms with Crippen LogP contribution in [0.15, 0.2) is 28.3 Å². The van der Waals surface area contributed by atoms with E-state index in [1.165, 1.54) is 7.11 Å². The minimum atomic E-state index is -0.126. The van der Waals surface area contributed by atoms with E-state index < -0.39 is 0 Å². The second-order valence-corrected chi connectivity index (χ2v) is 2.88. The lowest BCUT2D eigenvalue weighted by molar-refractivity contribution is 0.392. The van der Waals surface area contributed by atoms with Gasteiger partial charge in [0.1, 0.15) is 0 Å². The first-order valence-corrected chi connectivity index (χ1v) is 4.51. The smallest absolute Gasteiger partial charge is 0.218 e. The first-order valence-electron chi connectivity index (χ1n) is 4.51. The van der Waals surface area contributed by atoms with Crippen LogP contribution in [0.25, 0.3) is 0 Å². The normalized spacial score (nSPS) is 10.9. The number of rotatable bonds is 3.